The normalized spacial score (nSPS) is 17.6. The van der Waals surface area contributed by atoms with E-state index in [9.17, 15) is 9.00 Å². The quantitative estimate of drug-likeness (QED) is 0.844. The van der Waals surface area contributed by atoms with Gasteiger partial charge in [-0.25, -0.2) is 0 Å². The molecular formula is C14H19BrN2O2S. The molecular weight excluding hydrogens is 340 g/mol. The van der Waals surface area contributed by atoms with Gasteiger partial charge in [0.05, 0.1) is 15.7 Å². The molecule has 2 rings (SSSR count). The number of anilines is 1. The summed E-state index contributed by atoms with van der Waals surface area (Å²) in [6, 6.07) is 5.22. The average molecular weight is 359 g/mol. The standard InChI is InChI=1S/C14H19BrN2O2S/c15-11-5-6-12(16)13(9-11)20(19)10-14(18)17-7-3-1-2-4-8-17/h5-6,9H,1-4,7-8,10,16H2. The lowest BCUT2D eigenvalue weighted by Crippen LogP contribution is -2.35. The molecule has 0 radical (unpaired) electrons. The number of halogens is 1. The number of nitrogens with two attached hydrogens (primary N) is 1. The van der Waals surface area contributed by atoms with Gasteiger partial charge < -0.3 is 10.6 Å². The van der Waals surface area contributed by atoms with Crippen molar-refractivity contribution in [1.29, 1.82) is 0 Å². The number of nitrogens with zero attached hydrogens (tertiary/aromatic N) is 1. The number of rotatable bonds is 3. The van der Waals surface area contributed by atoms with Crippen molar-refractivity contribution in [2.24, 2.45) is 0 Å². The largest absolute Gasteiger partial charge is 0.398 e. The molecule has 1 unspecified atom stereocenters. The van der Waals surface area contributed by atoms with E-state index in [1.807, 2.05) is 4.90 Å². The number of nitrogen functional groups attached to an aromatic ring is 1. The zero-order valence-electron chi connectivity index (χ0n) is 11.3. The highest BCUT2D eigenvalue weighted by Crippen LogP contribution is 2.22. The van der Waals surface area contributed by atoms with Gasteiger partial charge in [-0.05, 0) is 31.0 Å². The minimum Gasteiger partial charge on any atom is -0.398 e. The highest BCUT2D eigenvalue weighted by molar-refractivity contribution is 9.10. The summed E-state index contributed by atoms with van der Waals surface area (Å²) in [7, 11) is -1.39. The molecule has 0 saturated carbocycles. The lowest BCUT2D eigenvalue weighted by Gasteiger charge is -2.20. The van der Waals surface area contributed by atoms with Crippen molar-refractivity contribution in [3.05, 3.63) is 22.7 Å². The number of amides is 1. The van der Waals surface area contributed by atoms with Crippen LogP contribution in [0.4, 0.5) is 5.69 Å². The topological polar surface area (TPSA) is 63.4 Å². The average Bonchev–Trinajstić information content (AvgIpc) is 2.70. The van der Waals surface area contributed by atoms with Crippen LogP contribution in [0.3, 0.4) is 0 Å². The first-order valence-electron chi connectivity index (χ1n) is 6.79. The molecule has 0 spiro atoms. The van der Waals surface area contributed by atoms with Crippen molar-refractivity contribution in [3.8, 4) is 0 Å². The van der Waals surface area contributed by atoms with E-state index in [1.54, 1.807) is 18.2 Å². The van der Waals surface area contributed by atoms with Gasteiger partial charge in [-0.15, -0.1) is 0 Å². The van der Waals surface area contributed by atoms with E-state index in [-0.39, 0.29) is 11.7 Å². The molecule has 0 aromatic heterocycles. The van der Waals surface area contributed by atoms with Gasteiger partial charge in [0, 0.05) is 23.2 Å². The third-order valence-corrected chi connectivity index (χ3v) is 5.28. The van der Waals surface area contributed by atoms with Gasteiger partial charge in [0.2, 0.25) is 5.91 Å². The van der Waals surface area contributed by atoms with Crippen LogP contribution in [0.2, 0.25) is 0 Å². The van der Waals surface area contributed by atoms with Crippen LogP contribution >= 0.6 is 15.9 Å². The Hall–Kier alpha value is -0.880. The summed E-state index contributed by atoms with van der Waals surface area (Å²) in [6.07, 6.45) is 4.42. The van der Waals surface area contributed by atoms with Gasteiger partial charge in [-0.1, -0.05) is 28.8 Å². The van der Waals surface area contributed by atoms with Crippen LogP contribution in [-0.4, -0.2) is 33.9 Å². The second kappa shape index (κ2) is 7.22. The fraction of sp³-hybridized carbons (Fsp3) is 0.500. The molecule has 1 heterocycles. The Morgan fingerprint density at radius 2 is 1.90 bits per heavy atom. The number of hydrogen-bond acceptors (Lipinski definition) is 3. The Balaban J connectivity index is 2.03. The van der Waals surface area contributed by atoms with E-state index in [0.717, 1.165) is 30.4 Å². The molecule has 6 heteroatoms. The predicted molar refractivity (Wildman–Crippen MR) is 84.9 cm³/mol. The maximum absolute atomic E-state index is 12.3. The van der Waals surface area contributed by atoms with Gasteiger partial charge in [0.15, 0.2) is 0 Å². The van der Waals surface area contributed by atoms with Crippen LogP contribution in [0.5, 0.6) is 0 Å². The number of likely N-dealkylation sites (tertiary alicyclic amines) is 1. The number of hydrogen-bond donors (Lipinski definition) is 1. The van der Waals surface area contributed by atoms with Crippen molar-refractivity contribution in [2.45, 2.75) is 30.6 Å². The lowest BCUT2D eigenvalue weighted by atomic mass is 10.2. The van der Waals surface area contributed by atoms with Gasteiger partial charge in [0.25, 0.3) is 0 Å². The van der Waals surface area contributed by atoms with Crippen molar-refractivity contribution in [2.75, 3.05) is 24.6 Å². The van der Waals surface area contributed by atoms with E-state index < -0.39 is 10.8 Å². The van der Waals surface area contributed by atoms with Gasteiger partial charge in [-0.2, -0.15) is 0 Å². The molecule has 2 N–H and O–H groups in total. The molecule has 1 amide bonds. The molecule has 110 valence electrons. The van der Waals surface area contributed by atoms with Crippen LogP contribution in [0.25, 0.3) is 0 Å². The third-order valence-electron chi connectivity index (χ3n) is 3.43. The van der Waals surface area contributed by atoms with E-state index >= 15 is 0 Å². The summed E-state index contributed by atoms with van der Waals surface area (Å²) in [6.45, 7) is 1.56. The van der Waals surface area contributed by atoms with Crippen LogP contribution in [0.1, 0.15) is 25.7 Å². The van der Waals surface area contributed by atoms with Crippen LogP contribution in [-0.2, 0) is 15.6 Å². The maximum Gasteiger partial charge on any atom is 0.235 e. The maximum atomic E-state index is 12.3. The Kier molecular flexibility index (Phi) is 5.60. The lowest BCUT2D eigenvalue weighted by molar-refractivity contribution is -0.128. The zero-order chi connectivity index (χ0) is 14.5. The van der Waals surface area contributed by atoms with E-state index in [2.05, 4.69) is 15.9 Å². The van der Waals surface area contributed by atoms with Crippen molar-refractivity contribution in [3.63, 3.8) is 0 Å². The molecule has 1 aliphatic heterocycles. The minimum absolute atomic E-state index is 0.0145. The third kappa shape index (κ3) is 4.06. The van der Waals surface area contributed by atoms with Gasteiger partial charge >= 0.3 is 0 Å². The molecule has 0 bridgehead atoms. The highest BCUT2D eigenvalue weighted by Gasteiger charge is 2.19. The summed E-state index contributed by atoms with van der Waals surface area (Å²) < 4.78 is 13.1. The summed E-state index contributed by atoms with van der Waals surface area (Å²) in [5, 5.41) is 0. The van der Waals surface area contributed by atoms with E-state index in [0.29, 0.717) is 10.6 Å². The number of benzene rings is 1. The van der Waals surface area contributed by atoms with Crippen LogP contribution in [0.15, 0.2) is 27.6 Å². The monoisotopic (exact) mass is 358 g/mol. The molecule has 1 aliphatic rings. The van der Waals surface area contributed by atoms with Crippen molar-refractivity contribution >= 4 is 38.3 Å². The summed E-state index contributed by atoms with van der Waals surface area (Å²) in [4.78, 5) is 14.6. The molecule has 20 heavy (non-hydrogen) atoms. The van der Waals surface area contributed by atoms with Crippen LogP contribution < -0.4 is 5.73 Å². The van der Waals surface area contributed by atoms with E-state index in [4.69, 9.17) is 5.73 Å². The van der Waals surface area contributed by atoms with Gasteiger partial charge in [-0.3, -0.25) is 9.00 Å². The molecule has 1 aromatic carbocycles. The van der Waals surface area contributed by atoms with Crippen molar-refractivity contribution < 1.29 is 9.00 Å². The Labute approximate surface area is 130 Å². The first-order valence-corrected chi connectivity index (χ1v) is 8.90. The van der Waals surface area contributed by atoms with Gasteiger partial charge in [0.1, 0.15) is 5.75 Å². The zero-order valence-corrected chi connectivity index (χ0v) is 13.7. The Bertz CT molecular complexity index is 514. The molecule has 1 atom stereocenters. The number of carbonyl (C=O) groups is 1. The fourth-order valence-electron chi connectivity index (χ4n) is 2.31. The second-order valence-corrected chi connectivity index (χ2v) is 7.30. The number of carbonyl (C=O) groups excluding carboxylic acids is 1. The van der Waals surface area contributed by atoms with E-state index in [1.165, 1.54) is 12.8 Å². The summed E-state index contributed by atoms with van der Waals surface area (Å²) in [5.74, 6) is -0.0229. The predicted octanol–water partition coefficient (Wildman–Crippen LogP) is 2.54. The Morgan fingerprint density at radius 1 is 1.25 bits per heavy atom. The SMILES string of the molecule is Nc1ccc(Br)cc1S(=O)CC(=O)N1CCCCCC1. The first kappa shape index (κ1) is 15.5. The minimum atomic E-state index is -1.39. The molecule has 1 aromatic rings. The highest BCUT2D eigenvalue weighted by atomic mass is 79.9. The summed E-state index contributed by atoms with van der Waals surface area (Å²) >= 11 is 3.33. The molecule has 0 aliphatic carbocycles. The molecule has 1 fully saturated rings. The Morgan fingerprint density at radius 3 is 2.55 bits per heavy atom. The fourth-order valence-corrected chi connectivity index (χ4v) is 3.97. The second-order valence-electron chi connectivity index (χ2n) is 4.97. The smallest absolute Gasteiger partial charge is 0.235 e. The van der Waals surface area contributed by atoms with Crippen LogP contribution in [0, 0.1) is 0 Å². The van der Waals surface area contributed by atoms with Crippen molar-refractivity contribution in [1.82, 2.24) is 4.90 Å². The first-order chi connectivity index (χ1) is 9.58. The molecule has 4 nitrogen and oxygen atoms in total. The summed E-state index contributed by atoms with van der Waals surface area (Å²) in [5.41, 5.74) is 6.30. The molecule has 1 saturated heterocycles.